The minimum atomic E-state index is -0.617. The van der Waals surface area contributed by atoms with E-state index >= 15 is 0 Å². The summed E-state index contributed by atoms with van der Waals surface area (Å²) >= 11 is 0. The van der Waals surface area contributed by atoms with Crippen molar-refractivity contribution in [3.05, 3.63) is 12.0 Å². The second kappa shape index (κ2) is 3.14. The number of rotatable bonds is 2. The van der Waals surface area contributed by atoms with Crippen LogP contribution >= 0.6 is 0 Å². The topological polar surface area (TPSA) is 63.8 Å². The average Bonchev–Trinajstić information content (AvgIpc) is 1.85. The first-order chi connectivity index (χ1) is 5.22. The van der Waals surface area contributed by atoms with Crippen molar-refractivity contribution in [3.8, 4) is 0 Å². The molecule has 1 rings (SSSR count). The van der Waals surface area contributed by atoms with Crippen molar-refractivity contribution >= 4 is 11.8 Å². The lowest BCUT2D eigenvalue weighted by molar-refractivity contribution is 0.583. The Balaban J connectivity index is 2.89. The number of nitrogens with zero attached hydrogens (tertiary/aromatic N) is 2. The number of hydrogen-bond acceptors (Lipinski definition) is 4. The van der Waals surface area contributed by atoms with Gasteiger partial charge in [0.25, 0.3) is 0 Å². The van der Waals surface area contributed by atoms with Crippen molar-refractivity contribution in [1.82, 2.24) is 9.97 Å². The molecule has 1 aromatic rings. The van der Waals surface area contributed by atoms with Crippen LogP contribution in [0.5, 0.6) is 0 Å². The molecule has 0 aromatic carbocycles. The van der Waals surface area contributed by atoms with E-state index in [1.165, 1.54) is 6.07 Å². The van der Waals surface area contributed by atoms with Crippen LogP contribution in [-0.4, -0.2) is 16.5 Å². The third-order valence-corrected chi connectivity index (χ3v) is 1.07. The maximum Gasteiger partial charge on any atom is 0.224 e. The summed E-state index contributed by atoms with van der Waals surface area (Å²) in [5.74, 6) is -0.257. The Morgan fingerprint density at radius 2 is 2.36 bits per heavy atom. The maximum absolute atomic E-state index is 12.5. The van der Waals surface area contributed by atoms with Gasteiger partial charge in [-0.05, 0) is 6.92 Å². The largest absolute Gasteiger partial charge is 0.370 e. The van der Waals surface area contributed by atoms with Crippen molar-refractivity contribution in [3.63, 3.8) is 0 Å². The minimum absolute atomic E-state index is 0.0547. The second-order valence-corrected chi connectivity index (χ2v) is 1.96. The van der Waals surface area contributed by atoms with Gasteiger partial charge in [0.05, 0.1) is 0 Å². The van der Waals surface area contributed by atoms with E-state index in [1.54, 1.807) is 0 Å². The van der Waals surface area contributed by atoms with Gasteiger partial charge in [0.15, 0.2) is 0 Å². The van der Waals surface area contributed by atoms with Gasteiger partial charge in [0, 0.05) is 12.6 Å². The third kappa shape index (κ3) is 2.03. The SMILES string of the molecule is CCNc1cc(F)nc(N)n1. The summed E-state index contributed by atoms with van der Waals surface area (Å²) in [6.07, 6.45) is 0. The van der Waals surface area contributed by atoms with Crippen molar-refractivity contribution in [2.24, 2.45) is 0 Å². The minimum Gasteiger partial charge on any atom is -0.370 e. The van der Waals surface area contributed by atoms with Crippen LogP contribution in [0, 0.1) is 5.95 Å². The summed E-state index contributed by atoms with van der Waals surface area (Å²) in [6, 6.07) is 1.19. The highest BCUT2D eigenvalue weighted by molar-refractivity contribution is 5.37. The molecular formula is C6H9FN4. The summed E-state index contributed by atoms with van der Waals surface area (Å²) in [6.45, 7) is 2.56. The molecule has 0 aliphatic heterocycles. The zero-order chi connectivity index (χ0) is 8.27. The van der Waals surface area contributed by atoms with Gasteiger partial charge in [-0.1, -0.05) is 0 Å². The van der Waals surface area contributed by atoms with Crippen molar-refractivity contribution < 1.29 is 4.39 Å². The lowest BCUT2D eigenvalue weighted by Gasteiger charge is -2.01. The van der Waals surface area contributed by atoms with Crippen LogP contribution in [0.15, 0.2) is 6.07 Å². The number of nitrogen functional groups attached to an aromatic ring is 1. The lowest BCUT2D eigenvalue weighted by Crippen LogP contribution is -2.04. The van der Waals surface area contributed by atoms with E-state index in [4.69, 9.17) is 5.73 Å². The zero-order valence-corrected chi connectivity index (χ0v) is 6.13. The molecule has 1 heterocycles. The van der Waals surface area contributed by atoms with Crippen LogP contribution in [0.2, 0.25) is 0 Å². The van der Waals surface area contributed by atoms with Crippen LogP contribution < -0.4 is 11.1 Å². The van der Waals surface area contributed by atoms with E-state index in [-0.39, 0.29) is 5.95 Å². The number of halogens is 1. The Labute approximate surface area is 63.7 Å². The normalized spacial score (nSPS) is 9.64. The molecule has 0 saturated carbocycles. The molecule has 0 bridgehead atoms. The molecule has 3 N–H and O–H groups in total. The fourth-order valence-corrected chi connectivity index (χ4v) is 0.707. The summed E-state index contributed by atoms with van der Waals surface area (Å²) in [5.41, 5.74) is 5.19. The van der Waals surface area contributed by atoms with E-state index in [0.29, 0.717) is 12.4 Å². The fourth-order valence-electron chi connectivity index (χ4n) is 0.707. The molecule has 0 aliphatic rings. The van der Waals surface area contributed by atoms with Crippen molar-refractivity contribution in [2.75, 3.05) is 17.6 Å². The summed E-state index contributed by atoms with van der Waals surface area (Å²) in [5, 5.41) is 2.82. The Hall–Kier alpha value is -1.39. The second-order valence-electron chi connectivity index (χ2n) is 1.96. The van der Waals surface area contributed by atoms with Gasteiger partial charge in [-0.15, -0.1) is 0 Å². The predicted octanol–water partition coefficient (Wildman–Crippen LogP) is 0.630. The van der Waals surface area contributed by atoms with Crippen molar-refractivity contribution in [1.29, 1.82) is 0 Å². The monoisotopic (exact) mass is 156 g/mol. The number of anilines is 2. The summed E-state index contributed by atoms with van der Waals surface area (Å²) < 4.78 is 12.5. The maximum atomic E-state index is 12.5. The molecule has 0 saturated heterocycles. The lowest BCUT2D eigenvalue weighted by atomic mass is 10.5. The van der Waals surface area contributed by atoms with E-state index in [1.807, 2.05) is 6.92 Å². The number of nitrogens with one attached hydrogen (secondary N) is 1. The van der Waals surface area contributed by atoms with E-state index in [9.17, 15) is 4.39 Å². The first kappa shape index (κ1) is 7.71. The molecule has 1 aromatic heterocycles. The third-order valence-electron chi connectivity index (χ3n) is 1.07. The van der Waals surface area contributed by atoms with Gasteiger partial charge >= 0.3 is 0 Å². The average molecular weight is 156 g/mol. The smallest absolute Gasteiger partial charge is 0.224 e. The number of hydrogen-bond donors (Lipinski definition) is 2. The molecule has 0 amide bonds. The van der Waals surface area contributed by atoms with E-state index in [2.05, 4.69) is 15.3 Å². The standard InChI is InChI=1S/C6H9FN4/c1-2-9-5-3-4(7)10-6(8)11-5/h3H,2H2,1H3,(H3,8,9,10,11). The van der Waals surface area contributed by atoms with Crippen molar-refractivity contribution in [2.45, 2.75) is 6.92 Å². The molecule has 0 atom stereocenters. The van der Waals surface area contributed by atoms with Crippen LogP contribution in [0.1, 0.15) is 6.92 Å². The summed E-state index contributed by atoms with van der Waals surface area (Å²) in [7, 11) is 0. The Bertz CT molecular complexity index is 230. The quantitative estimate of drug-likeness (QED) is 0.616. The number of aromatic nitrogens is 2. The Morgan fingerprint density at radius 1 is 1.64 bits per heavy atom. The molecule has 0 fully saturated rings. The highest BCUT2D eigenvalue weighted by atomic mass is 19.1. The molecule has 0 spiro atoms. The van der Waals surface area contributed by atoms with Crippen LogP contribution in [-0.2, 0) is 0 Å². The van der Waals surface area contributed by atoms with Crippen LogP contribution in [0.4, 0.5) is 16.2 Å². The van der Waals surface area contributed by atoms with Gasteiger partial charge in [-0.2, -0.15) is 14.4 Å². The van der Waals surface area contributed by atoms with E-state index in [0.717, 1.165) is 0 Å². The predicted molar refractivity (Wildman–Crippen MR) is 40.6 cm³/mol. The number of nitrogens with two attached hydrogens (primary N) is 1. The first-order valence-corrected chi connectivity index (χ1v) is 3.26. The first-order valence-electron chi connectivity index (χ1n) is 3.26. The Morgan fingerprint density at radius 3 is 2.91 bits per heavy atom. The molecule has 4 nitrogen and oxygen atoms in total. The summed E-state index contributed by atoms with van der Waals surface area (Å²) in [4.78, 5) is 7.02. The molecule has 11 heavy (non-hydrogen) atoms. The molecule has 0 unspecified atom stereocenters. The van der Waals surface area contributed by atoms with Gasteiger partial charge in [0.2, 0.25) is 11.9 Å². The van der Waals surface area contributed by atoms with Gasteiger partial charge < -0.3 is 11.1 Å². The van der Waals surface area contributed by atoms with Gasteiger partial charge in [-0.25, -0.2) is 0 Å². The van der Waals surface area contributed by atoms with Gasteiger partial charge in [-0.3, -0.25) is 0 Å². The Kier molecular flexibility index (Phi) is 2.20. The van der Waals surface area contributed by atoms with Gasteiger partial charge in [0.1, 0.15) is 5.82 Å². The van der Waals surface area contributed by atoms with Crippen LogP contribution in [0.25, 0.3) is 0 Å². The fraction of sp³-hybridized carbons (Fsp3) is 0.333. The zero-order valence-electron chi connectivity index (χ0n) is 6.13. The van der Waals surface area contributed by atoms with E-state index < -0.39 is 5.95 Å². The highest BCUT2D eigenvalue weighted by Crippen LogP contribution is 2.05. The molecule has 0 radical (unpaired) electrons. The van der Waals surface area contributed by atoms with Crippen LogP contribution in [0.3, 0.4) is 0 Å². The molecular weight excluding hydrogens is 147 g/mol. The molecule has 0 aliphatic carbocycles. The molecule has 60 valence electrons. The highest BCUT2D eigenvalue weighted by Gasteiger charge is 1.98. The molecule has 5 heteroatoms.